The fourth-order valence-electron chi connectivity index (χ4n) is 1.77. The molecule has 0 aromatic heterocycles. The maximum Gasteiger partial charge on any atom is 0.382 e. The minimum Gasteiger partial charge on any atom is -0.455 e. The van der Waals surface area contributed by atoms with Crippen molar-refractivity contribution in [2.45, 2.75) is 12.8 Å². The first kappa shape index (κ1) is 11.8. The van der Waals surface area contributed by atoms with Crippen LogP contribution >= 0.6 is 11.9 Å². The Balaban J connectivity index is 1.65. The Labute approximate surface area is 100 Å². The minimum atomic E-state index is -0.215. The van der Waals surface area contributed by atoms with Crippen molar-refractivity contribution < 1.29 is 9.53 Å². The molecule has 2 rings (SSSR count). The van der Waals surface area contributed by atoms with Crippen LogP contribution in [0.25, 0.3) is 0 Å². The monoisotopic (exact) mass is 240 g/mol. The number of likely N-dealkylation sites (tertiary alicyclic amines) is 1. The third-order valence-electron chi connectivity index (χ3n) is 2.65. The highest BCUT2D eigenvalue weighted by atomic mass is 32.2. The Kier molecular flexibility index (Phi) is 4.52. The van der Waals surface area contributed by atoms with Crippen LogP contribution < -0.4 is 0 Å². The molecule has 16 heavy (non-hydrogen) atoms. The molecule has 0 atom stereocenters. The van der Waals surface area contributed by atoms with Crippen LogP contribution in [0.2, 0.25) is 0 Å². The van der Waals surface area contributed by atoms with Gasteiger partial charge in [-0.25, -0.2) is 9.10 Å². The lowest BCUT2D eigenvalue weighted by Gasteiger charge is -2.21. The van der Waals surface area contributed by atoms with Gasteiger partial charge in [0.25, 0.3) is 0 Å². The number of hydrogen-bond donors (Lipinski definition) is 0. The van der Waals surface area contributed by atoms with Crippen LogP contribution in [0.15, 0.2) is 0 Å². The summed E-state index contributed by atoms with van der Waals surface area (Å²) in [6.45, 7) is 5.13. The van der Waals surface area contributed by atoms with E-state index in [4.69, 9.17) is 4.74 Å². The van der Waals surface area contributed by atoms with Crippen molar-refractivity contribution in [2.24, 2.45) is 0 Å². The number of rotatable bonds is 2. The van der Waals surface area contributed by atoms with Crippen LogP contribution in [0.5, 0.6) is 0 Å². The van der Waals surface area contributed by atoms with E-state index in [1.807, 2.05) is 4.31 Å². The topological polar surface area (TPSA) is 32.8 Å². The summed E-state index contributed by atoms with van der Waals surface area (Å²) in [5.74, 6) is 6.27. The molecule has 0 N–H and O–H groups in total. The van der Waals surface area contributed by atoms with Crippen LogP contribution in [-0.4, -0.2) is 53.8 Å². The van der Waals surface area contributed by atoms with Gasteiger partial charge >= 0.3 is 5.30 Å². The molecule has 0 amide bonds. The molecule has 0 radical (unpaired) electrons. The number of carbonyl (C=O) groups excluding carboxylic acids is 1. The molecule has 2 aliphatic rings. The molecule has 0 spiro atoms. The zero-order valence-electron chi connectivity index (χ0n) is 9.28. The zero-order valence-corrected chi connectivity index (χ0v) is 10.1. The van der Waals surface area contributed by atoms with E-state index < -0.39 is 0 Å². The molecule has 0 saturated carbocycles. The summed E-state index contributed by atoms with van der Waals surface area (Å²) < 4.78 is 6.77. The molecule has 2 heterocycles. The first-order valence-corrected chi connectivity index (χ1v) is 6.40. The number of cyclic esters (lactones) is 1. The summed E-state index contributed by atoms with van der Waals surface area (Å²) in [4.78, 5) is 13.3. The van der Waals surface area contributed by atoms with Gasteiger partial charge in [-0.1, -0.05) is 11.8 Å². The summed E-state index contributed by atoms with van der Waals surface area (Å²) in [5, 5.41) is -0.215. The molecular formula is C11H16N2O2S. The Morgan fingerprint density at radius 2 is 1.94 bits per heavy atom. The van der Waals surface area contributed by atoms with Gasteiger partial charge in [-0.2, -0.15) is 0 Å². The normalized spacial score (nSPS) is 22.6. The molecule has 0 aromatic carbocycles. The van der Waals surface area contributed by atoms with E-state index in [1.165, 1.54) is 25.9 Å². The highest BCUT2D eigenvalue weighted by molar-refractivity contribution is 8.11. The summed E-state index contributed by atoms with van der Waals surface area (Å²) >= 11 is 1.13. The molecule has 0 unspecified atom stereocenters. The summed E-state index contributed by atoms with van der Waals surface area (Å²) in [5.41, 5.74) is 0. The first-order chi connectivity index (χ1) is 7.84. The average Bonchev–Trinajstić information content (AvgIpc) is 2.77. The van der Waals surface area contributed by atoms with E-state index in [2.05, 4.69) is 16.7 Å². The molecule has 0 bridgehead atoms. The van der Waals surface area contributed by atoms with Gasteiger partial charge in [-0.3, -0.25) is 4.90 Å². The van der Waals surface area contributed by atoms with Gasteiger partial charge < -0.3 is 4.74 Å². The molecular weight excluding hydrogens is 224 g/mol. The van der Waals surface area contributed by atoms with Crippen molar-refractivity contribution in [3.8, 4) is 11.8 Å². The van der Waals surface area contributed by atoms with Gasteiger partial charge in [-0.15, -0.1) is 0 Å². The van der Waals surface area contributed by atoms with Crippen molar-refractivity contribution in [2.75, 3.05) is 39.3 Å². The van der Waals surface area contributed by atoms with E-state index in [-0.39, 0.29) is 5.30 Å². The summed E-state index contributed by atoms with van der Waals surface area (Å²) in [7, 11) is 0. The van der Waals surface area contributed by atoms with Crippen LogP contribution in [0.3, 0.4) is 0 Å². The second kappa shape index (κ2) is 6.14. The molecule has 2 aliphatic heterocycles. The van der Waals surface area contributed by atoms with Crippen LogP contribution in [0, 0.1) is 11.8 Å². The van der Waals surface area contributed by atoms with Crippen LogP contribution in [0.4, 0.5) is 4.79 Å². The molecule has 4 nitrogen and oxygen atoms in total. The van der Waals surface area contributed by atoms with Crippen LogP contribution in [-0.2, 0) is 4.74 Å². The van der Waals surface area contributed by atoms with Crippen LogP contribution in [0.1, 0.15) is 12.8 Å². The standard InChI is InChI=1S/C11H16N2O2S/c14-11-15-10-9-13(16-11)8-4-3-7-12-5-1-2-6-12/h1-2,5-10H2. The number of ether oxygens (including phenoxy) is 1. The predicted molar refractivity (Wildman–Crippen MR) is 64.0 cm³/mol. The molecule has 0 aliphatic carbocycles. The number of nitrogens with zero attached hydrogens (tertiary/aromatic N) is 2. The fraction of sp³-hybridized carbons (Fsp3) is 0.727. The highest BCUT2D eigenvalue weighted by Crippen LogP contribution is 2.16. The molecule has 5 heteroatoms. The Hall–Kier alpha value is -0.700. The third kappa shape index (κ3) is 3.71. The Morgan fingerprint density at radius 3 is 2.69 bits per heavy atom. The van der Waals surface area contributed by atoms with E-state index in [0.717, 1.165) is 25.0 Å². The van der Waals surface area contributed by atoms with Gasteiger partial charge in [0.2, 0.25) is 0 Å². The van der Waals surface area contributed by atoms with E-state index >= 15 is 0 Å². The van der Waals surface area contributed by atoms with E-state index in [0.29, 0.717) is 13.2 Å². The quantitative estimate of drug-likeness (QED) is 0.411. The van der Waals surface area contributed by atoms with Crippen molar-refractivity contribution in [3.63, 3.8) is 0 Å². The smallest absolute Gasteiger partial charge is 0.382 e. The summed E-state index contributed by atoms with van der Waals surface area (Å²) in [6, 6.07) is 0. The lowest BCUT2D eigenvalue weighted by atomic mass is 10.4. The molecule has 0 aromatic rings. The lowest BCUT2D eigenvalue weighted by Crippen LogP contribution is -2.29. The minimum absolute atomic E-state index is 0.215. The number of hydrogen-bond acceptors (Lipinski definition) is 5. The Bertz CT molecular complexity index is 305. The maximum absolute atomic E-state index is 11.0. The van der Waals surface area contributed by atoms with Gasteiger partial charge in [0.15, 0.2) is 0 Å². The van der Waals surface area contributed by atoms with Gasteiger partial charge in [0.1, 0.15) is 6.61 Å². The van der Waals surface area contributed by atoms with E-state index in [1.54, 1.807) is 0 Å². The highest BCUT2D eigenvalue weighted by Gasteiger charge is 2.17. The van der Waals surface area contributed by atoms with Crippen molar-refractivity contribution in [1.82, 2.24) is 9.21 Å². The Morgan fingerprint density at radius 1 is 1.19 bits per heavy atom. The second-order valence-electron chi connectivity index (χ2n) is 3.89. The largest absolute Gasteiger partial charge is 0.455 e. The first-order valence-electron chi connectivity index (χ1n) is 5.62. The number of carbonyl (C=O) groups is 1. The van der Waals surface area contributed by atoms with Crippen molar-refractivity contribution in [3.05, 3.63) is 0 Å². The summed E-state index contributed by atoms with van der Waals surface area (Å²) in [6.07, 6.45) is 2.60. The van der Waals surface area contributed by atoms with Crippen molar-refractivity contribution >= 4 is 17.2 Å². The second-order valence-corrected chi connectivity index (χ2v) is 4.92. The van der Waals surface area contributed by atoms with Gasteiger partial charge in [0.05, 0.1) is 13.1 Å². The molecule has 2 saturated heterocycles. The van der Waals surface area contributed by atoms with Gasteiger partial charge in [-0.05, 0) is 25.9 Å². The zero-order chi connectivity index (χ0) is 11.2. The third-order valence-corrected chi connectivity index (χ3v) is 3.48. The average molecular weight is 240 g/mol. The van der Waals surface area contributed by atoms with Gasteiger partial charge in [0, 0.05) is 18.5 Å². The SMILES string of the molecule is O=C1OCCN(CC#CCN2CCCC2)S1. The fourth-order valence-corrected chi connectivity index (χ4v) is 2.41. The van der Waals surface area contributed by atoms with E-state index in [9.17, 15) is 4.79 Å². The predicted octanol–water partition coefficient (Wildman–Crippen LogP) is 1.19. The maximum atomic E-state index is 11.0. The lowest BCUT2D eigenvalue weighted by molar-refractivity contribution is 0.160. The van der Waals surface area contributed by atoms with Crippen molar-refractivity contribution in [1.29, 1.82) is 0 Å². The molecule has 2 fully saturated rings. The molecule has 88 valence electrons.